The van der Waals surface area contributed by atoms with Gasteiger partial charge in [-0.1, -0.05) is 18.2 Å². The normalized spacial score (nSPS) is 27.9. The van der Waals surface area contributed by atoms with Gasteiger partial charge in [0.1, 0.15) is 5.75 Å². The van der Waals surface area contributed by atoms with Gasteiger partial charge in [-0.15, -0.1) is 0 Å². The van der Waals surface area contributed by atoms with Gasteiger partial charge in [0.05, 0.1) is 0 Å². The zero-order valence-electron chi connectivity index (χ0n) is 10.9. The molecule has 1 aliphatic heterocycles. The summed E-state index contributed by atoms with van der Waals surface area (Å²) in [6.07, 6.45) is 0. The van der Waals surface area contributed by atoms with E-state index in [1.807, 2.05) is 18.2 Å². The highest BCUT2D eigenvalue weighted by molar-refractivity contribution is 5.34. The molecule has 1 aromatic rings. The Labute approximate surface area is 103 Å². The maximum atomic E-state index is 9.90. The summed E-state index contributed by atoms with van der Waals surface area (Å²) in [5, 5.41) is 13.4. The van der Waals surface area contributed by atoms with Crippen molar-refractivity contribution in [3.05, 3.63) is 29.8 Å². The maximum absolute atomic E-state index is 9.90. The number of piperazine rings is 1. The molecule has 1 heterocycles. The third-order valence-electron chi connectivity index (χ3n) is 3.52. The van der Waals surface area contributed by atoms with E-state index in [-0.39, 0.29) is 6.04 Å². The average Bonchev–Trinajstić information content (AvgIpc) is 2.27. The predicted molar refractivity (Wildman–Crippen MR) is 70.2 cm³/mol. The lowest BCUT2D eigenvalue weighted by molar-refractivity contribution is 0.130. The molecule has 0 radical (unpaired) electrons. The second-order valence-corrected chi connectivity index (χ2v) is 5.16. The zero-order valence-corrected chi connectivity index (χ0v) is 10.9. The van der Waals surface area contributed by atoms with E-state index in [4.69, 9.17) is 0 Å². The van der Waals surface area contributed by atoms with Crippen molar-refractivity contribution < 1.29 is 5.11 Å². The molecule has 0 bridgehead atoms. The number of hydrogen-bond donors (Lipinski definition) is 2. The lowest BCUT2D eigenvalue weighted by atomic mass is 10.0. The summed E-state index contributed by atoms with van der Waals surface area (Å²) in [4.78, 5) is 2.43. The van der Waals surface area contributed by atoms with Gasteiger partial charge in [0, 0.05) is 36.8 Å². The SMILES string of the molecule is CC1CN(C(C)c2ccccc2O)CC(C)N1. The van der Waals surface area contributed by atoms with Crippen LogP contribution < -0.4 is 5.32 Å². The fourth-order valence-corrected chi connectivity index (χ4v) is 2.72. The number of hydrogen-bond acceptors (Lipinski definition) is 3. The molecule has 0 aromatic heterocycles. The van der Waals surface area contributed by atoms with E-state index in [9.17, 15) is 5.11 Å². The van der Waals surface area contributed by atoms with Crippen LogP contribution in [-0.2, 0) is 0 Å². The molecule has 0 amide bonds. The molecular weight excluding hydrogens is 212 g/mol. The lowest BCUT2D eigenvalue weighted by Gasteiger charge is -2.40. The number of benzene rings is 1. The smallest absolute Gasteiger partial charge is 0.120 e. The van der Waals surface area contributed by atoms with E-state index < -0.39 is 0 Å². The molecule has 0 spiro atoms. The maximum Gasteiger partial charge on any atom is 0.120 e. The molecule has 0 saturated carbocycles. The topological polar surface area (TPSA) is 35.5 Å². The highest BCUT2D eigenvalue weighted by Crippen LogP contribution is 2.29. The fraction of sp³-hybridized carbons (Fsp3) is 0.571. The van der Waals surface area contributed by atoms with Gasteiger partial charge in [0.25, 0.3) is 0 Å². The Morgan fingerprint density at radius 1 is 1.24 bits per heavy atom. The molecule has 2 N–H and O–H groups in total. The Hall–Kier alpha value is -1.06. The van der Waals surface area contributed by atoms with Crippen LogP contribution in [0.1, 0.15) is 32.4 Å². The minimum Gasteiger partial charge on any atom is -0.508 e. The minimum absolute atomic E-state index is 0.267. The molecule has 1 saturated heterocycles. The lowest BCUT2D eigenvalue weighted by Crippen LogP contribution is -2.54. The predicted octanol–water partition coefficient (Wildman–Crippen LogP) is 2.14. The van der Waals surface area contributed by atoms with Crippen molar-refractivity contribution in [1.29, 1.82) is 0 Å². The van der Waals surface area contributed by atoms with Gasteiger partial charge >= 0.3 is 0 Å². The van der Waals surface area contributed by atoms with Crippen molar-refractivity contribution in [2.45, 2.75) is 38.9 Å². The van der Waals surface area contributed by atoms with Crippen LogP contribution in [0.3, 0.4) is 0 Å². The third kappa shape index (κ3) is 2.79. The Bertz CT molecular complexity index is 370. The van der Waals surface area contributed by atoms with E-state index in [0.29, 0.717) is 17.8 Å². The van der Waals surface area contributed by atoms with Crippen LogP contribution >= 0.6 is 0 Å². The van der Waals surface area contributed by atoms with Gasteiger partial charge in [0.15, 0.2) is 0 Å². The summed E-state index contributed by atoms with van der Waals surface area (Å²) >= 11 is 0. The van der Waals surface area contributed by atoms with E-state index in [1.54, 1.807) is 6.07 Å². The van der Waals surface area contributed by atoms with Gasteiger partial charge in [-0.3, -0.25) is 4.90 Å². The largest absolute Gasteiger partial charge is 0.508 e. The van der Waals surface area contributed by atoms with Crippen LogP contribution in [0.2, 0.25) is 0 Å². The van der Waals surface area contributed by atoms with Gasteiger partial charge < -0.3 is 10.4 Å². The highest BCUT2D eigenvalue weighted by atomic mass is 16.3. The molecule has 3 heteroatoms. The molecule has 1 aliphatic rings. The van der Waals surface area contributed by atoms with Crippen molar-refractivity contribution in [1.82, 2.24) is 10.2 Å². The molecule has 3 nitrogen and oxygen atoms in total. The van der Waals surface area contributed by atoms with Crippen LogP contribution in [0.5, 0.6) is 5.75 Å². The van der Waals surface area contributed by atoms with Crippen molar-refractivity contribution in [3.8, 4) is 5.75 Å². The van der Waals surface area contributed by atoms with Gasteiger partial charge in [-0.25, -0.2) is 0 Å². The van der Waals surface area contributed by atoms with E-state index in [2.05, 4.69) is 31.0 Å². The average molecular weight is 234 g/mol. The quantitative estimate of drug-likeness (QED) is 0.823. The fourth-order valence-electron chi connectivity index (χ4n) is 2.72. The van der Waals surface area contributed by atoms with Crippen LogP contribution in [0.25, 0.3) is 0 Å². The first kappa shape index (κ1) is 12.4. The van der Waals surface area contributed by atoms with Crippen LogP contribution in [0.15, 0.2) is 24.3 Å². The number of aromatic hydroxyl groups is 1. The summed E-state index contributed by atoms with van der Waals surface area (Å²) < 4.78 is 0. The first-order valence-electron chi connectivity index (χ1n) is 6.36. The molecule has 94 valence electrons. The van der Waals surface area contributed by atoms with Gasteiger partial charge in [-0.05, 0) is 26.8 Å². The molecule has 2 rings (SSSR count). The molecular formula is C14H22N2O. The van der Waals surface area contributed by atoms with E-state index in [1.165, 1.54) is 0 Å². The molecule has 1 aromatic carbocycles. The molecule has 1 fully saturated rings. The van der Waals surface area contributed by atoms with Crippen LogP contribution in [-0.4, -0.2) is 35.2 Å². The number of phenols is 1. The Morgan fingerprint density at radius 3 is 2.41 bits per heavy atom. The number of nitrogens with one attached hydrogen (secondary N) is 1. The van der Waals surface area contributed by atoms with E-state index >= 15 is 0 Å². The second-order valence-electron chi connectivity index (χ2n) is 5.16. The van der Waals surface area contributed by atoms with Gasteiger partial charge in [-0.2, -0.15) is 0 Å². The van der Waals surface area contributed by atoms with E-state index in [0.717, 1.165) is 18.7 Å². The first-order chi connectivity index (χ1) is 8.08. The van der Waals surface area contributed by atoms with Crippen LogP contribution in [0.4, 0.5) is 0 Å². The Balaban J connectivity index is 2.14. The summed E-state index contributed by atoms with van der Waals surface area (Å²) in [5.74, 6) is 0.402. The number of para-hydroxylation sites is 1. The second kappa shape index (κ2) is 5.07. The Kier molecular flexibility index (Phi) is 3.69. The van der Waals surface area contributed by atoms with Crippen molar-refractivity contribution >= 4 is 0 Å². The summed E-state index contributed by atoms with van der Waals surface area (Å²) in [6.45, 7) is 8.64. The van der Waals surface area contributed by atoms with Crippen LogP contribution in [0, 0.1) is 0 Å². The summed E-state index contributed by atoms with van der Waals surface area (Å²) in [5.41, 5.74) is 1.02. The molecule has 3 atom stereocenters. The monoisotopic (exact) mass is 234 g/mol. The Morgan fingerprint density at radius 2 is 1.82 bits per heavy atom. The summed E-state index contributed by atoms with van der Waals surface area (Å²) in [7, 11) is 0. The van der Waals surface area contributed by atoms with Gasteiger partial charge in [0.2, 0.25) is 0 Å². The zero-order chi connectivity index (χ0) is 12.4. The molecule has 17 heavy (non-hydrogen) atoms. The number of nitrogens with zero attached hydrogens (tertiary/aromatic N) is 1. The summed E-state index contributed by atoms with van der Waals surface area (Å²) in [6, 6.07) is 8.91. The highest BCUT2D eigenvalue weighted by Gasteiger charge is 2.26. The van der Waals surface area contributed by atoms with Crippen molar-refractivity contribution in [3.63, 3.8) is 0 Å². The van der Waals surface area contributed by atoms with Crippen molar-refractivity contribution in [2.75, 3.05) is 13.1 Å². The number of phenolic OH excluding ortho intramolecular Hbond substituents is 1. The third-order valence-corrected chi connectivity index (χ3v) is 3.52. The molecule has 0 aliphatic carbocycles. The first-order valence-corrected chi connectivity index (χ1v) is 6.36. The van der Waals surface area contributed by atoms with Crippen molar-refractivity contribution in [2.24, 2.45) is 0 Å². The minimum atomic E-state index is 0.267. The number of rotatable bonds is 2. The standard InChI is InChI=1S/C14H22N2O/c1-10-8-16(9-11(2)15-10)12(3)13-6-4-5-7-14(13)17/h4-7,10-12,15,17H,8-9H2,1-3H3. The molecule has 3 unspecified atom stereocenters.